The van der Waals surface area contributed by atoms with Crippen LogP contribution in [0, 0.1) is 7.11 Å². The van der Waals surface area contributed by atoms with Crippen LogP contribution in [0.3, 0.4) is 0 Å². The lowest BCUT2D eigenvalue weighted by atomic mass is 9.87. The van der Waals surface area contributed by atoms with Crippen molar-refractivity contribution in [2.45, 2.75) is 26.2 Å². The predicted octanol–water partition coefficient (Wildman–Crippen LogP) is 3.32. The van der Waals surface area contributed by atoms with Crippen molar-refractivity contribution in [3.05, 3.63) is 36.9 Å². The monoisotopic (exact) mass is 206 g/mol. The van der Waals surface area contributed by atoms with E-state index in [-0.39, 0.29) is 5.41 Å². The maximum atomic E-state index is 10.9. The summed E-state index contributed by atoms with van der Waals surface area (Å²) in [7, 11) is 3.04. The summed E-state index contributed by atoms with van der Waals surface area (Å²) in [6, 6.07) is 7.67. The molecule has 0 bridgehead atoms. The van der Waals surface area contributed by atoms with Crippen molar-refractivity contribution >= 4 is 11.8 Å². The Morgan fingerprint density at radius 2 is 2.07 bits per heavy atom. The van der Waals surface area contributed by atoms with Gasteiger partial charge in [-0.1, -0.05) is 32.9 Å². The minimum Gasteiger partial charge on any atom is -0.446 e. The molecule has 1 aromatic rings. The average molecular weight is 206 g/mol. The Labute approximate surface area is 90.4 Å². The first-order valence-electron chi connectivity index (χ1n) is 4.77. The second-order valence-electron chi connectivity index (χ2n) is 4.39. The van der Waals surface area contributed by atoms with Crippen molar-refractivity contribution in [3.8, 4) is 0 Å². The summed E-state index contributed by atoms with van der Waals surface area (Å²) in [4.78, 5) is 10.9. The molecule has 0 aliphatic heterocycles. The Morgan fingerprint density at radius 3 is 2.60 bits per heavy atom. The summed E-state index contributed by atoms with van der Waals surface area (Å²) in [5.74, 6) is 0. The van der Waals surface area contributed by atoms with Crippen LogP contribution in [0.15, 0.2) is 24.3 Å². The predicted molar refractivity (Wildman–Crippen MR) is 60.6 cm³/mol. The van der Waals surface area contributed by atoms with E-state index in [9.17, 15) is 4.79 Å². The molecule has 0 atom stereocenters. The molecule has 81 valence electrons. The van der Waals surface area contributed by atoms with Crippen LogP contribution in [0.4, 0.5) is 10.5 Å². The number of hydrogen-bond donors (Lipinski definition) is 1. The van der Waals surface area contributed by atoms with Gasteiger partial charge in [-0.05, 0) is 23.1 Å². The fourth-order valence-corrected chi connectivity index (χ4v) is 1.22. The smallest absolute Gasteiger partial charge is 0.411 e. The van der Waals surface area contributed by atoms with Crippen LogP contribution in [0.25, 0.3) is 0 Å². The Balaban J connectivity index is 2.88. The average Bonchev–Trinajstić information content (AvgIpc) is 2.17. The van der Waals surface area contributed by atoms with E-state index >= 15 is 0 Å². The summed E-state index contributed by atoms with van der Waals surface area (Å²) >= 11 is 0. The Bertz CT molecular complexity index is 353. The molecular formula is C12H16NO2. The number of hydrogen-bond acceptors (Lipinski definition) is 2. The molecule has 0 aliphatic carbocycles. The van der Waals surface area contributed by atoms with Gasteiger partial charge in [0.1, 0.15) is 7.11 Å². The highest BCUT2D eigenvalue weighted by molar-refractivity contribution is 5.84. The van der Waals surface area contributed by atoms with Gasteiger partial charge in [0.15, 0.2) is 0 Å². The second-order valence-corrected chi connectivity index (χ2v) is 4.39. The maximum absolute atomic E-state index is 10.9. The number of benzene rings is 1. The van der Waals surface area contributed by atoms with Crippen molar-refractivity contribution in [1.29, 1.82) is 0 Å². The summed E-state index contributed by atoms with van der Waals surface area (Å²) in [5.41, 5.74) is 1.94. The highest BCUT2D eigenvalue weighted by Gasteiger charge is 2.13. The topological polar surface area (TPSA) is 38.3 Å². The fourth-order valence-electron chi connectivity index (χ4n) is 1.22. The lowest BCUT2D eigenvalue weighted by molar-refractivity contribution is 0.199. The molecule has 0 saturated carbocycles. The number of rotatable bonds is 1. The molecular weight excluding hydrogens is 190 g/mol. The summed E-state index contributed by atoms with van der Waals surface area (Å²) in [6.45, 7) is 6.35. The van der Waals surface area contributed by atoms with E-state index in [1.807, 2.05) is 24.3 Å². The van der Waals surface area contributed by atoms with Gasteiger partial charge in [0, 0.05) is 5.69 Å². The second kappa shape index (κ2) is 4.34. The van der Waals surface area contributed by atoms with Crippen LogP contribution in [0.1, 0.15) is 26.3 Å². The first kappa shape index (κ1) is 11.6. The highest BCUT2D eigenvalue weighted by atomic mass is 16.5. The lowest BCUT2D eigenvalue weighted by Gasteiger charge is -2.19. The summed E-state index contributed by atoms with van der Waals surface area (Å²) in [6.07, 6.45) is -0.555. The number of anilines is 1. The minimum atomic E-state index is -0.555. The van der Waals surface area contributed by atoms with Gasteiger partial charge in [0.2, 0.25) is 0 Å². The number of carbonyl (C=O) groups is 1. The van der Waals surface area contributed by atoms with Gasteiger partial charge in [0.25, 0.3) is 0 Å². The van der Waals surface area contributed by atoms with E-state index in [1.165, 1.54) is 0 Å². The highest BCUT2D eigenvalue weighted by Crippen LogP contribution is 2.24. The summed E-state index contributed by atoms with van der Waals surface area (Å²) in [5, 5.41) is 2.58. The van der Waals surface area contributed by atoms with Crippen molar-refractivity contribution < 1.29 is 9.53 Å². The summed E-state index contributed by atoms with van der Waals surface area (Å²) < 4.78 is 4.28. The van der Waals surface area contributed by atoms with E-state index in [1.54, 1.807) is 0 Å². The van der Waals surface area contributed by atoms with Gasteiger partial charge >= 0.3 is 6.09 Å². The number of ether oxygens (including phenoxy) is 1. The minimum absolute atomic E-state index is 0.0616. The Hall–Kier alpha value is -1.51. The number of carbonyl (C=O) groups excluding carboxylic acids is 1. The third kappa shape index (κ3) is 3.27. The van der Waals surface area contributed by atoms with Crippen LogP contribution < -0.4 is 5.32 Å². The molecule has 0 aromatic heterocycles. The van der Waals surface area contributed by atoms with Gasteiger partial charge in [0.05, 0.1) is 0 Å². The van der Waals surface area contributed by atoms with Gasteiger partial charge in [-0.15, -0.1) is 0 Å². The van der Waals surface area contributed by atoms with Crippen LogP contribution in [0.5, 0.6) is 0 Å². The Morgan fingerprint density at radius 1 is 1.40 bits per heavy atom. The van der Waals surface area contributed by atoms with E-state index in [0.717, 1.165) is 11.3 Å². The molecule has 1 radical (unpaired) electrons. The molecule has 0 unspecified atom stereocenters. The van der Waals surface area contributed by atoms with Crippen molar-refractivity contribution in [2.75, 3.05) is 5.32 Å². The van der Waals surface area contributed by atoms with Crippen molar-refractivity contribution in [2.24, 2.45) is 0 Å². The quantitative estimate of drug-likeness (QED) is 0.765. The molecule has 1 aromatic carbocycles. The number of amides is 1. The van der Waals surface area contributed by atoms with Gasteiger partial charge in [-0.3, -0.25) is 5.32 Å². The van der Waals surface area contributed by atoms with Crippen LogP contribution in [-0.4, -0.2) is 6.09 Å². The van der Waals surface area contributed by atoms with Crippen LogP contribution >= 0.6 is 0 Å². The third-order valence-electron chi connectivity index (χ3n) is 2.11. The van der Waals surface area contributed by atoms with E-state index in [4.69, 9.17) is 0 Å². The molecule has 15 heavy (non-hydrogen) atoms. The van der Waals surface area contributed by atoms with Crippen LogP contribution in [0.2, 0.25) is 0 Å². The van der Waals surface area contributed by atoms with Crippen LogP contribution in [-0.2, 0) is 10.2 Å². The van der Waals surface area contributed by atoms with Gasteiger partial charge in [-0.25, -0.2) is 4.79 Å². The largest absolute Gasteiger partial charge is 0.446 e. The molecule has 0 saturated heterocycles. The normalized spacial score (nSPS) is 10.9. The van der Waals surface area contributed by atoms with E-state index < -0.39 is 6.09 Å². The molecule has 1 rings (SSSR count). The molecule has 0 aliphatic rings. The first-order valence-corrected chi connectivity index (χ1v) is 4.77. The zero-order valence-electron chi connectivity index (χ0n) is 9.33. The number of nitrogens with one attached hydrogen (secondary N) is 1. The molecule has 0 spiro atoms. The Kier molecular flexibility index (Phi) is 3.35. The van der Waals surface area contributed by atoms with Crippen molar-refractivity contribution in [3.63, 3.8) is 0 Å². The van der Waals surface area contributed by atoms with E-state index in [0.29, 0.717) is 0 Å². The maximum Gasteiger partial charge on any atom is 0.411 e. The van der Waals surface area contributed by atoms with Gasteiger partial charge < -0.3 is 4.74 Å². The molecule has 1 N–H and O–H groups in total. The molecule has 1 amide bonds. The molecule has 3 heteroatoms. The third-order valence-corrected chi connectivity index (χ3v) is 2.11. The lowest BCUT2D eigenvalue weighted by Crippen LogP contribution is -2.13. The molecule has 3 nitrogen and oxygen atoms in total. The molecule has 0 fully saturated rings. The standard InChI is InChI=1S/C12H16NO2/c1-12(2,3)9-6-5-7-10(8-9)13-11(14)15-4/h5-8H,4H2,1-3H3,(H,13,14). The van der Waals surface area contributed by atoms with E-state index in [2.05, 4.69) is 37.9 Å². The van der Waals surface area contributed by atoms with Gasteiger partial charge in [-0.2, -0.15) is 0 Å². The fraction of sp³-hybridized carbons (Fsp3) is 0.333. The SMILES string of the molecule is [CH2]OC(=O)Nc1cccc(C(C)(C)C)c1. The first-order chi connectivity index (χ1) is 6.93. The van der Waals surface area contributed by atoms with Crippen molar-refractivity contribution in [1.82, 2.24) is 0 Å². The zero-order valence-corrected chi connectivity index (χ0v) is 9.33. The zero-order chi connectivity index (χ0) is 11.5. The molecule has 0 heterocycles.